The first-order valence-electron chi connectivity index (χ1n) is 13.3. The van der Waals surface area contributed by atoms with Gasteiger partial charge in [0.15, 0.2) is 0 Å². The van der Waals surface area contributed by atoms with Crippen LogP contribution in [0.5, 0.6) is 5.88 Å². The molecule has 1 fully saturated rings. The average Bonchev–Trinajstić information content (AvgIpc) is 3.39. The van der Waals surface area contributed by atoms with Crippen molar-refractivity contribution in [3.05, 3.63) is 97.3 Å². The van der Waals surface area contributed by atoms with E-state index in [-0.39, 0.29) is 11.3 Å². The largest absolute Gasteiger partial charge is 0.481 e. The highest BCUT2D eigenvalue weighted by molar-refractivity contribution is 6.36. The maximum absolute atomic E-state index is 13.1. The number of likely N-dealkylation sites (tertiary alicyclic amines) is 1. The molecular formula is C31H30ClN5O5. The lowest BCUT2D eigenvalue weighted by Crippen LogP contribution is -2.40. The fourth-order valence-corrected chi connectivity index (χ4v) is 5.46. The number of hydrogen-bond acceptors (Lipinski definition) is 7. The number of rotatable bonds is 7. The number of benzene rings is 2. The van der Waals surface area contributed by atoms with Crippen LogP contribution in [0, 0.1) is 6.92 Å². The number of amides is 1. The van der Waals surface area contributed by atoms with E-state index < -0.39 is 17.2 Å². The first-order chi connectivity index (χ1) is 20.1. The number of Topliss-reactive ketones (excluding diaryl/α,β-unsaturated/α-hetero) is 1. The van der Waals surface area contributed by atoms with Crippen LogP contribution in [0.15, 0.2) is 64.3 Å². The number of nitrogens with zero attached hydrogens (tertiary/aromatic N) is 4. The first kappa shape index (κ1) is 29.0. The van der Waals surface area contributed by atoms with Gasteiger partial charge in [-0.05, 0) is 30.2 Å². The van der Waals surface area contributed by atoms with Gasteiger partial charge in [-0.1, -0.05) is 48.0 Å². The Morgan fingerprint density at radius 2 is 1.74 bits per heavy atom. The molecule has 0 unspecified atom stereocenters. The van der Waals surface area contributed by atoms with E-state index >= 15 is 0 Å². The standard InChI is InChI=1S/C31H30ClN5O5/c1-18-21(7-6-10-25(18)33-28(39)24-17-35(2)31(41)36(3)30(24)40)22-8-5-9-23(27(22)32)26-12-11-19(29(34-26)42-4)15-37-14-13-20(38)16-37/h5-12,17H,13-16H2,1-4H3,(H,33,39). The van der Waals surface area contributed by atoms with Crippen molar-refractivity contribution in [1.29, 1.82) is 0 Å². The molecule has 1 aliphatic rings. The molecule has 0 radical (unpaired) electrons. The van der Waals surface area contributed by atoms with Gasteiger partial charge in [-0.3, -0.25) is 23.9 Å². The van der Waals surface area contributed by atoms with E-state index in [1.54, 1.807) is 19.2 Å². The number of carbonyl (C=O) groups is 2. The van der Waals surface area contributed by atoms with Crippen LogP contribution in [0.3, 0.4) is 0 Å². The quantitative estimate of drug-likeness (QED) is 0.349. The van der Waals surface area contributed by atoms with Gasteiger partial charge < -0.3 is 14.6 Å². The van der Waals surface area contributed by atoms with Crippen molar-refractivity contribution < 1.29 is 14.3 Å². The second-order valence-electron chi connectivity index (χ2n) is 10.3. The highest BCUT2D eigenvalue weighted by Crippen LogP contribution is 2.39. The van der Waals surface area contributed by atoms with Gasteiger partial charge in [0.2, 0.25) is 5.88 Å². The van der Waals surface area contributed by atoms with Crippen molar-refractivity contribution in [2.75, 3.05) is 25.5 Å². The van der Waals surface area contributed by atoms with Crippen molar-refractivity contribution in [1.82, 2.24) is 19.0 Å². The number of nitrogens with one attached hydrogen (secondary N) is 1. The zero-order chi connectivity index (χ0) is 30.1. The number of halogens is 1. The molecule has 4 aromatic rings. The van der Waals surface area contributed by atoms with E-state index in [9.17, 15) is 19.2 Å². The van der Waals surface area contributed by atoms with Crippen LogP contribution < -0.4 is 21.3 Å². The lowest BCUT2D eigenvalue weighted by Gasteiger charge is -2.17. The molecule has 11 heteroatoms. The average molecular weight is 588 g/mol. The van der Waals surface area contributed by atoms with Crippen molar-refractivity contribution in [3.63, 3.8) is 0 Å². The normalized spacial score (nSPS) is 13.4. The van der Waals surface area contributed by atoms with Gasteiger partial charge in [0.1, 0.15) is 11.3 Å². The molecule has 3 heterocycles. The predicted octanol–water partition coefficient (Wildman–Crippen LogP) is 3.81. The summed E-state index contributed by atoms with van der Waals surface area (Å²) >= 11 is 6.97. The van der Waals surface area contributed by atoms with E-state index in [0.29, 0.717) is 47.4 Å². The first-order valence-corrected chi connectivity index (χ1v) is 13.7. The van der Waals surface area contributed by atoms with Crippen LogP contribution in [-0.2, 0) is 25.4 Å². The molecule has 2 aromatic heterocycles. The van der Waals surface area contributed by atoms with Crippen LogP contribution in [0.1, 0.15) is 27.9 Å². The second-order valence-corrected chi connectivity index (χ2v) is 10.6. The highest BCUT2D eigenvalue weighted by Gasteiger charge is 2.22. The van der Waals surface area contributed by atoms with Gasteiger partial charge >= 0.3 is 5.69 Å². The zero-order valence-corrected chi connectivity index (χ0v) is 24.5. The summed E-state index contributed by atoms with van der Waals surface area (Å²) in [5.74, 6) is 0.0806. The second kappa shape index (κ2) is 11.8. The number of pyridine rings is 1. The molecule has 42 heavy (non-hydrogen) atoms. The summed E-state index contributed by atoms with van der Waals surface area (Å²) in [7, 11) is 4.37. The molecule has 5 rings (SSSR count). The van der Waals surface area contributed by atoms with Crippen LogP contribution in [-0.4, -0.2) is 50.9 Å². The van der Waals surface area contributed by atoms with Crippen LogP contribution in [0.2, 0.25) is 5.02 Å². The summed E-state index contributed by atoms with van der Waals surface area (Å²) in [6, 6.07) is 14.9. The molecule has 2 aromatic carbocycles. The number of aryl methyl sites for hydroxylation is 1. The lowest BCUT2D eigenvalue weighted by molar-refractivity contribution is -0.116. The Morgan fingerprint density at radius 3 is 2.45 bits per heavy atom. The third-order valence-corrected chi connectivity index (χ3v) is 7.88. The maximum Gasteiger partial charge on any atom is 0.330 e. The summed E-state index contributed by atoms with van der Waals surface area (Å²) in [5.41, 5.74) is 3.64. The summed E-state index contributed by atoms with van der Waals surface area (Å²) in [5, 5.41) is 3.28. The molecular weight excluding hydrogens is 558 g/mol. The molecule has 0 aliphatic carbocycles. The Hall–Kier alpha value is -4.54. The molecule has 1 saturated heterocycles. The fraction of sp³-hybridized carbons (Fsp3) is 0.258. The Kier molecular flexibility index (Phi) is 8.11. The van der Waals surface area contributed by atoms with Gasteiger partial charge in [0.05, 0.1) is 24.4 Å². The molecule has 216 valence electrons. The predicted molar refractivity (Wildman–Crippen MR) is 161 cm³/mol. The van der Waals surface area contributed by atoms with Crippen molar-refractivity contribution in [2.24, 2.45) is 14.1 Å². The summed E-state index contributed by atoms with van der Waals surface area (Å²) in [6.07, 6.45) is 1.79. The van der Waals surface area contributed by atoms with Gasteiger partial charge in [0, 0.05) is 62.2 Å². The van der Waals surface area contributed by atoms with E-state index in [1.165, 1.54) is 24.9 Å². The monoisotopic (exact) mass is 587 g/mol. The number of methoxy groups -OCH3 is 1. The zero-order valence-electron chi connectivity index (χ0n) is 23.7. The number of anilines is 1. The number of ether oxygens (including phenoxy) is 1. The number of ketones is 1. The molecule has 1 N–H and O–H groups in total. The van der Waals surface area contributed by atoms with Crippen LogP contribution in [0.25, 0.3) is 22.4 Å². The van der Waals surface area contributed by atoms with Gasteiger partial charge in [0.25, 0.3) is 11.5 Å². The van der Waals surface area contributed by atoms with E-state index in [1.807, 2.05) is 43.3 Å². The van der Waals surface area contributed by atoms with Gasteiger partial charge in [-0.2, -0.15) is 0 Å². The third-order valence-electron chi connectivity index (χ3n) is 7.47. The molecule has 10 nitrogen and oxygen atoms in total. The molecule has 1 aliphatic heterocycles. The van der Waals surface area contributed by atoms with Gasteiger partial charge in [-0.25, -0.2) is 9.78 Å². The van der Waals surface area contributed by atoms with Crippen molar-refractivity contribution >= 4 is 29.0 Å². The Bertz CT molecular complexity index is 1840. The van der Waals surface area contributed by atoms with Crippen LogP contribution >= 0.6 is 11.6 Å². The SMILES string of the molecule is COc1nc(-c2cccc(-c3cccc(NC(=O)c4cn(C)c(=O)n(C)c4=O)c3C)c2Cl)ccc1CN1CCC(=O)C1. The van der Waals surface area contributed by atoms with Crippen LogP contribution in [0.4, 0.5) is 5.69 Å². The summed E-state index contributed by atoms with van der Waals surface area (Å²) in [4.78, 5) is 56.1. The number of carbonyl (C=O) groups excluding carboxylic acids is 2. The highest BCUT2D eigenvalue weighted by atomic mass is 35.5. The van der Waals surface area contributed by atoms with Crippen molar-refractivity contribution in [2.45, 2.75) is 19.9 Å². The number of aromatic nitrogens is 3. The minimum absolute atomic E-state index is 0.149. The van der Waals surface area contributed by atoms with E-state index in [0.717, 1.165) is 33.4 Å². The number of hydrogen-bond donors (Lipinski definition) is 1. The summed E-state index contributed by atoms with van der Waals surface area (Å²) in [6.45, 7) is 3.57. The Labute approximate surface area is 247 Å². The Balaban J connectivity index is 1.46. The third kappa shape index (κ3) is 5.50. The minimum Gasteiger partial charge on any atom is -0.481 e. The molecule has 0 bridgehead atoms. The van der Waals surface area contributed by atoms with E-state index in [2.05, 4.69) is 10.2 Å². The lowest BCUT2D eigenvalue weighted by atomic mass is 9.96. The van der Waals surface area contributed by atoms with E-state index in [4.69, 9.17) is 21.3 Å². The summed E-state index contributed by atoms with van der Waals surface area (Å²) < 4.78 is 7.67. The Morgan fingerprint density at radius 1 is 1.02 bits per heavy atom. The smallest absolute Gasteiger partial charge is 0.330 e. The fourth-order valence-electron chi connectivity index (χ4n) is 5.14. The maximum atomic E-state index is 13.1. The topological polar surface area (TPSA) is 116 Å². The van der Waals surface area contributed by atoms with Crippen molar-refractivity contribution in [3.8, 4) is 28.3 Å². The molecule has 0 saturated carbocycles. The van der Waals surface area contributed by atoms with Gasteiger partial charge in [-0.15, -0.1) is 0 Å². The minimum atomic E-state index is -0.678. The molecule has 0 atom stereocenters. The molecule has 1 amide bonds. The molecule has 0 spiro atoms.